The lowest BCUT2D eigenvalue weighted by Gasteiger charge is -2.06. The van der Waals surface area contributed by atoms with Crippen LogP contribution < -0.4 is 10.5 Å². The second-order valence-electron chi connectivity index (χ2n) is 3.29. The molecule has 2 N–H and O–H groups in total. The zero-order valence-electron chi connectivity index (χ0n) is 9.36. The van der Waals surface area contributed by atoms with Gasteiger partial charge in [-0.15, -0.1) is 0 Å². The number of ether oxygens (including phenoxy) is 1. The lowest BCUT2D eigenvalue weighted by atomic mass is 10.1. The van der Waals surface area contributed by atoms with Crippen molar-refractivity contribution in [1.29, 1.82) is 0 Å². The fourth-order valence-corrected chi connectivity index (χ4v) is 1.34. The quantitative estimate of drug-likeness (QED) is 0.591. The van der Waals surface area contributed by atoms with E-state index in [0.717, 1.165) is 25.1 Å². The van der Waals surface area contributed by atoms with E-state index in [1.54, 1.807) is 7.11 Å². The number of hydrogen-bond donors (Lipinski definition) is 1. The molecule has 0 radical (unpaired) electrons. The van der Waals surface area contributed by atoms with Gasteiger partial charge in [0.1, 0.15) is 5.75 Å². The van der Waals surface area contributed by atoms with Crippen molar-refractivity contribution >= 4 is 5.84 Å². The molecular formula is C12H18N2O. The highest BCUT2D eigenvalue weighted by Gasteiger charge is 2.00. The molecule has 0 fully saturated rings. The SMILES string of the molecule is CCC(N)=NCCc1ccccc1OC. The summed E-state index contributed by atoms with van der Waals surface area (Å²) in [5.41, 5.74) is 6.80. The van der Waals surface area contributed by atoms with Gasteiger partial charge >= 0.3 is 0 Å². The molecule has 3 nitrogen and oxygen atoms in total. The molecule has 82 valence electrons. The first-order valence-corrected chi connectivity index (χ1v) is 5.18. The third kappa shape index (κ3) is 3.62. The van der Waals surface area contributed by atoms with Gasteiger partial charge in [0, 0.05) is 13.0 Å². The first kappa shape index (κ1) is 11.6. The second kappa shape index (κ2) is 6.06. The standard InChI is InChI=1S/C12H18N2O/c1-3-12(13)14-9-8-10-6-4-5-7-11(10)15-2/h4-7H,3,8-9H2,1-2H3,(H2,13,14). The number of benzene rings is 1. The molecule has 0 spiro atoms. The van der Waals surface area contributed by atoms with E-state index in [2.05, 4.69) is 11.1 Å². The summed E-state index contributed by atoms with van der Waals surface area (Å²) < 4.78 is 5.25. The molecule has 0 unspecified atom stereocenters. The zero-order valence-corrected chi connectivity index (χ0v) is 9.36. The van der Waals surface area contributed by atoms with Crippen LogP contribution in [-0.4, -0.2) is 19.5 Å². The van der Waals surface area contributed by atoms with Gasteiger partial charge in [-0.1, -0.05) is 25.1 Å². The highest BCUT2D eigenvalue weighted by Crippen LogP contribution is 2.17. The average Bonchev–Trinajstić information content (AvgIpc) is 2.29. The largest absolute Gasteiger partial charge is 0.496 e. The van der Waals surface area contributed by atoms with Crippen LogP contribution in [0.15, 0.2) is 29.3 Å². The molecule has 15 heavy (non-hydrogen) atoms. The third-order valence-electron chi connectivity index (χ3n) is 2.25. The maximum Gasteiger partial charge on any atom is 0.122 e. The molecule has 0 aliphatic rings. The Labute approximate surface area is 91.0 Å². The van der Waals surface area contributed by atoms with Crippen molar-refractivity contribution < 1.29 is 4.74 Å². The summed E-state index contributed by atoms with van der Waals surface area (Å²) in [6.45, 7) is 2.72. The van der Waals surface area contributed by atoms with Crippen LogP contribution in [0.2, 0.25) is 0 Å². The monoisotopic (exact) mass is 206 g/mol. The molecule has 0 saturated heterocycles. The molecule has 0 amide bonds. The number of rotatable bonds is 5. The number of amidine groups is 1. The van der Waals surface area contributed by atoms with E-state index in [1.807, 2.05) is 25.1 Å². The molecular weight excluding hydrogens is 188 g/mol. The number of methoxy groups -OCH3 is 1. The summed E-state index contributed by atoms with van der Waals surface area (Å²) in [6, 6.07) is 7.98. The lowest BCUT2D eigenvalue weighted by Crippen LogP contribution is -2.10. The molecule has 1 rings (SSSR count). The maximum absolute atomic E-state index is 5.63. The van der Waals surface area contributed by atoms with Gasteiger partial charge in [0.05, 0.1) is 12.9 Å². The summed E-state index contributed by atoms with van der Waals surface area (Å²) in [4.78, 5) is 4.25. The van der Waals surface area contributed by atoms with Crippen molar-refractivity contribution in [3.05, 3.63) is 29.8 Å². The Morgan fingerprint density at radius 1 is 1.40 bits per heavy atom. The van der Waals surface area contributed by atoms with E-state index in [0.29, 0.717) is 5.84 Å². The van der Waals surface area contributed by atoms with Crippen LogP contribution in [0.3, 0.4) is 0 Å². The summed E-state index contributed by atoms with van der Waals surface area (Å²) in [5.74, 6) is 1.63. The fraction of sp³-hybridized carbons (Fsp3) is 0.417. The predicted octanol–water partition coefficient (Wildman–Crippen LogP) is 2.00. The fourth-order valence-electron chi connectivity index (χ4n) is 1.34. The molecule has 0 heterocycles. The van der Waals surface area contributed by atoms with Crippen LogP contribution in [0.1, 0.15) is 18.9 Å². The highest BCUT2D eigenvalue weighted by atomic mass is 16.5. The Bertz CT molecular complexity index is 334. The Morgan fingerprint density at radius 2 is 2.13 bits per heavy atom. The summed E-state index contributed by atoms with van der Waals surface area (Å²) in [7, 11) is 1.68. The lowest BCUT2D eigenvalue weighted by molar-refractivity contribution is 0.410. The smallest absolute Gasteiger partial charge is 0.122 e. The molecule has 0 saturated carbocycles. The van der Waals surface area contributed by atoms with Crippen LogP contribution in [0.25, 0.3) is 0 Å². The van der Waals surface area contributed by atoms with Crippen LogP contribution >= 0.6 is 0 Å². The molecule has 1 aromatic rings. The van der Waals surface area contributed by atoms with Crippen molar-refractivity contribution in [3.63, 3.8) is 0 Å². The van der Waals surface area contributed by atoms with Crippen molar-refractivity contribution in [2.24, 2.45) is 10.7 Å². The van der Waals surface area contributed by atoms with Crippen molar-refractivity contribution in [2.75, 3.05) is 13.7 Å². The van der Waals surface area contributed by atoms with E-state index in [1.165, 1.54) is 5.56 Å². The Hall–Kier alpha value is -1.51. The number of aliphatic imine (C=N–C) groups is 1. The van der Waals surface area contributed by atoms with Gasteiger partial charge in [-0.25, -0.2) is 0 Å². The second-order valence-corrected chi connectivity index (χ2v) is 3.29. The van der Waals surface area contributed by atoms with E-state index in [9.17, 15) is 0 Å². The number of nitrogens with two attached hydrogens (primary N) is 1. The van der Waals surface area contributed by atoms with E-state index < -0.39 is 0 Å². The van der Waals surface area contributed by atoms with E-state index in [-0.39, 0.29) is 0 Å². The van der Waals surface area contributed by atoms with E-state index in [4.69, 9.17) is 10.5 Å². The average molecular weight is 206 g/mol. The first-order valence-electron chi connectivity index (χ1n) is 5.18. The van der Waals surface area contributed by atoms with Crippen LogP contribution in [0, 0.1) is 0 Å². The summed E-state index contributed by atoms with van der Waals surface area (Å²) >= 11 is 0. The predicted molar refractivity (Wildman–Crippen MR) is 63.5 cm³/mol. The van der Waals surface area contributed by atoms with Gasteiger partial charge < -0.3 is 10.5 Å². The Balaban J connectivity index is 2.57. The maximum atomic E-state index is 5.63. The van der Waals surface area contributed by atoms with Gasteiger partial charge in [-0.2, -0.15) is 0 Å². The molecule has 0 atom stereocenters. The highest BCUT2D eigenvalue weighted by molar-refractivity contribution is 5.79. The summed E-state index contributed by atoms with van der Waals surface area (Å²) in [5, 5.41) is 0. The molecule has 0 bridgehead atoms. The first-order chi connectivity index (χ1) is 7.27. The number of hydrogen-bond acceptors (Lipinski definition) is 2. The minimum absolute atomic E-state index is 0.713. The van der Waals surface area contributed by atoms with Crippen LogP contribution in [-0.2, 0) is 6.42 Å². The minimum atomic E-state index is 0.713. The van der Waals surface area contributed by atoms with E-state index >= 15 is 0 Å². The van der Waals surface area contributed by atoms with Gasteiger partial charge in [-0.05, 0) is 18.1 Å². The topological polar surface area (TPSA) is 47.6 Å². The summed E-state index contributed by atoms with van der Waals surface area (Å²) in [6.07, 6.45) is 1.68. The Morgan fingerprint density at radius 3 is 2.80 bits per heavy atom. The van der Waals surface area contributed by atoms with Crippen molar-refractivity contribution in [2.45, 2.75) is 19.8 Å². The molecule has 0 aliphatic carbocycles. The van der Waals surface area contributed by atoms with Gasteiger partial charge in [0.2, 0.25) is 0 Å². The van der Waals surface area contributed by atoms with Gasteiger partial charge in [0.15, 0.2) is 0 Å². The molecule has 1 aromatic carbocycles. The minimum Gasteiger partial charge on any atom is -0.496 e. The molecule has 0 aromatic heterocycles. The van der Waals surface area contributed by atoms with Gasteiger partial charge in [-0.3, -0.25) is 4.99 Å². The van der Waals surface area contributed by atoms with Crippen molar-refractivity contribution in [3.8, 4) is 5.75 Å². The molecule has 0 aliphatic heterocycles. The zero-order chi connectivity index (χ0) is 11.1. The van der Waals surface area contributed by atoms with Crippen LogP contribution in [0.5, 0.6) is 5.75 Å². The van der Waals surface area contributed by atoms with Crippen LogP contribution in [0.4, 0.5) is 0 Å². The van der Waals surface area contributed by atoms with Gasteiger partial charge in [0.25, 0.3) is 0 Å². The normalized spacial score (nSPS) is 11.5. The molecule has 3 heteroatoms. The van der Waals surface area contributed by atoms with Crippen molar-refractivity contribution in [1.82, 2.24) is 0 Å². The third-order valence-corrected chi connectivity index (χ3v) is 2.25. The number of para-hydroxylation sites is 1. The number of nitrogens with zero attached hydrogens (tertiary/aromatic N) is 1. The Kier molecular flexibility index (Phi) is 4.68.